The molecule has 0 spiro atoms. The maximum absolute atomic E-state index is 4.55. The van der Waals surface area contributed by atoms with Crippen molar-refractivity contribution in [3.8, 4) is 0 Å². The fourth-order valence-corrected chi connectivity index (χ4v) is 5.12. The molecule has 0 unspecified atom stereocenters. The van der Waals surface area contributed by atoms with Gasteiger partial charge in [0.05, 0.1) is 5.52 Å². The molecule has 0 fully saturated rings. The van der Waals surface area contributed by atoms with Gasteiger partial charge in [-0.05, 0) is 72.1 Å². The number of anilines is 2. The van der Waals surface area contributed by atoms with Crippen molar-refractivity contribution in [1.29, 1.82) is 0 Å². The standard InChI is InChI=1S/C21H17N11S2/c1-22-16-5-7-18-25-27-20(31(18)29-16)33-12-3-4-14-13(11-12)15(9-10-24-14)34-21-28-26-19-8-6-17(23-2)30-32(19)21/h3-11H,1-2H3,(H,22,29)(H,23,30). The molecule has 0 saturated carbocycles. The fourth-order valence-electron chi connectivity index (χ4n) is 3.39. The summed E-state index contributed by atoms with van der Waals surface area (Å²) in [5, 5.41) is 34.6. The zero-order chi connectivity index (χ0) is 23.1. The van der Waals surface area contributed by atoms with Crippen molar-refractivity contribution in [3.05, 3.63) is 54.7 Å². The summed E-state index contributed by atoms with van der Waals surface area (Å²) < 4.78 is 3.46. The van der Waals surface area contributed by atoms with Gasteiger partial charge in [-0.3, -0.25) is 4.98 Å². The highest BCUT2D eigenvalue weighted by Gasteiger charge is 2.14. The number of nitrogens with one attached hydrogen (secondary N) is 2. The molecule has 5 aromatic heterocycles. The van der Waals surface area contributed by atoms with Crippen molar-refractivity contribution in [2.75, 3.05) is 24.7 Å². The topological polar surface area (TPSA) is 123 Å². The maximum Gasteiger partial charge on any atom is 0.217 e. The van der Waals surface area contributed by atoms with E-state index in [-0.39, 0.29) is 0 Å². The summed E-state index contributed by atoms with van der Waals surface area (Å²) >= 11 is 2.98. The Morgan fingerprint density at radius 3 is 2.00 bits per heavy atom. The van der Waals surface area contributed by atoms with Crippen LogP contribution >= 0.6 is 23.5 Å². The first-order chi connectivity index (χ1) is 16.7. The number of fused-ring (bicyclic) bond motifs is 3. The molecule has 5 heterocycles. The molecule has 6 rings (SSSR count). The number of aromatic nitrogens is 9. The summed E-state index contributed by atoms with van der Waals surface area (Å²) in [5.41, 5.74) is 2.25. The summed E-state index contributed by atoms with van der Waals surface area (Å²) in [6.07, 6.45) is 1.79. The lowest BCUT2D eigenvalue weighted by atomic mass is 10.2. The predicted molar refractivity (Wildman–Crippen MR) is 131 cm³/mol. The molecule has 0 bridgehead atoms. The Labute approximate surface area is 201 Å². The Morgan fingerprint density at radius 2 is 1.35 bits per heavy atom. The van der Waals surface area contributed by atoms with E-state index in [4.69, 9.17) is 0 Å². The van der Waals surface area contributed by atoms with Crippen molar-refractivity contribution in [2.45, 2.75) is 20.1 Å². The molecule has 0 radical (unpaired) electrons. The Hall–Kier alpha value is -3.97. The van der Waals surface area contributed by atoms with Crippen LogP contribution in [0, 0.1) is 0 Å². The average Bonchev–Trinajstić information content (AvgIpc) is 3.47. The quantitative estimate of drug-likeness (QED) is 0.359. The Kier molecular flexibility index (Phi) is 5.11. The fraction of sp³-hybridized carbons (Fsp3) is 0.0952. The lowest BCUT2D eigenvalue weighted by Crippen LogP contribution is -1.99. The van der Waals surface area contributed by atoms with Crippen molar-refractivity contribution in [2.24, 2.45) is 0 Å². The molecule has 1 aromatic carbocycles. The SMILES string of the molecule is CNc1ccc2nnc(Sc3ccc4nccc(Sc5nnc6ccc(NC)nn56)c4c3)n2n1. The molecular weight excluding hydrogens is 470 g/mol. The van der Waals surface area contributed by atoms with Crippen LogP contribution in [0.25, 0.3) is 22.2 Å². The molecule has 0 aliphatic heterocycles. The van der Waals surface area contributed by atoms with Crippen LogP contribution < -0.4 is 10.6 Å². The van der Waals surface area contributed by atoms with Gasteiger partial charge in [-0.2, -0.15) is 9.03 Å². The van der Waals surface area contributed by atoms with Crippen molar-refractivity contribution >= 4 is 57.4 Å². The zero-order valence-electron chi connectivity index (χ0n) is 18.0. The largest absolute Gasteiger partial charge is 0.372 e. The Bertz CT molecular complexity index is 1660. The number of benzene rings is 1. The second kappa shape index (κ2) is 8.43. The smallest absolute Gasteiger partial charge is 0.217 e. The zero-order valence-corrected chi connectivity index (χ0v) is 19.7. The van der Waals surface area contributed by atoms with Gasteiger partial charge in [0.1, 0.15) is 11.6 Å². The van der Waals surface area contributed by atoms with E-state index in [1.807, 2.05) is 56.6 Å². The monoisotopic (exact) mass is 487 g/mol. The highest BCUT2D eigenvalue weighted by molar-refractivity contribution is 7.99. The molecule has 0 aliphatic carbocycles. The Morgan fingerprint density at radius 1 is 0.706 bits per heavy atom. The van der Waals surface area contributed by atoms with Gasteiger partial charge in [-0.25, -0.2) is 0 Å². The second-order valence-electron chi connectivity index (χ2n) is 7.13. The molecule has 0 saturated heterocycles. The highest BCUT2D eigenvalue weighted by Crippen LogP contribution is 2.35. The normalized spacial score (nSPS) is 11.5. The van der Waals surface area contributed by atoms with E-state index < -0.39 is 0 Å². The summed E-state index contributed by atoms with van der Waals surface area (Å²) in [6, 6.07) is 15.6. The van der Waals surface area contributed by atoms with Gasteiger partial charge in [0, 0.05) is 35.5 Å². The minimum absolute atomic E-state index is 0.671. The predicted octanol–water partition coefficient (Wildman–Crippen LogP) is 3.50. The van der Waals surface area contributed by atoms with Gasteiger partial charge < -0.3 is 10.6 Å². The van der Waals surface area contributed by atoms with Gasteiger partial charge in [-0.15, -0.1) is 30.6 Å². The third-order valence-electron chi connectivity index (χ3n) is 5.06. The van der Waals surface area contributed by atoms with Gasteiger partial charge in [0.25, 0.3) is 0 Å². The minimum atomic E-state index is 0.671. The molecule has 0 aliphatic rings. The first kappa shape index (κ1) is 20.6. The molecular formula is C21H17N11S2. The molecule has 34 heavy (non-hydrogen) atoms. The first-order valence-electron chi connectivity index (χ1n) is 10.3. The van der Waals surface area contributed by atoms with E-state index in [2.05, 4.69) is 52.3 Å². The van der Waals surface area contributed by atoms with E-state index in [1.165, 1.54) is 23.5 Å². The minimum Gasteiger partial charge on any atom is -0.372 e. The van der Waals surface area contributed by atoms with E-state index >= 15 is 0 Å². The third-order valence-corrected chi connectivity index (χ3v) is 7.00. The number of nitrogens with zero attached hydrogens (tertiary/aromatic N) is 9. The molecule has 2 N–H and O–H groups in total. The number of pyridine rings is 1. The summed E-state index contributed by atoms with van der Waals surface area (Å²) in [7, 11) is 3.66. The van der Waals surface area contributed by atoms with E-state index in [1.54, 1.807) is 15.2 Å². The average molecular weight is 488 g/mol. The lowest BCUT2D eigenvalue weighted by molar-refractivity contribution is 0.812. The summed E-state index contributed by atoms with van der Waals surface area (Å²) in [5.74, 6) is 1.48. The third kappa shape index (κ3) is 3.64. The van der Waals surface area contributed by atoms with Gasteiger partial charge in [0.2, 0.25) is 10.3 Å². The number of rotatable bonds is 6. The van der Waals surface area contributed by atoms with Crippen LogP contribution in [0.5, 0.6) is 0 Å². The highest BCUT2D eigenvalue weighted by atomic mass is 32.2. The lowest BCUT2D eigenvalue weighted by Gasteiger charge is -2.07. The maximum atomic E-state index is 4.55. The summed E-state index contributed by atoms with van der Waals surface area (Å²) in [6.45, 7) is 0. The molecule has 6 aromatic rings. The van der Waals surface area contributed by atoms with Crippen molar-refractivity contribution < 1.29 is 0 Å². The van der Waals surface area contributed by atoms with Crippen LogP contribution in [0.4, 0.5) is 11.6 Å². The van der Waals surface area contributed by atoms with Crippen LogP contribution in [-0.4, -0.2) is 58.7 Å². The first-order valence-corrected chi connectivity index (χ1v) is 11.9. The van der Waals surface area contributed by atoms with Crippen molar-refractivity contribution in [1.82, 2.24) is 44.6 Å². The molecule has 11 nitrogen and oxygen atoms in total. The molecule has 13 heteroatoms. The number of hydrogen-bond acceptors (Lipinski definition) is 11. The van der Waals surface area contributed by atoms with Gasteiger partial charge >= 0.3 is 0 Å². The van der Waals surface area contributed by atoms with Crippen molar-refractivity contribution in [3.63, 3.8) is 0 Å². The van der Waals surface area contributed by atoms with Crippen LogP contribution in [-0.2, 0) is 0 Å². The second-order valence-corrected chi connectivity index (χ2v) is 9.18. The van der Waals surface area contributed by atoms with Gasteiger partial charge in [-0.1, -0.05) is 0 Å². The molecule has 168 valence electrons. The number of hydrogen-bond donors (Lipinski definition) is 2. The van der Waals surface area contributed by atoms with Crippen LogP contribution in [0.3, 0.4) is 0 Å². The van der Waals surface area contributed by atoms with Crippen LogP contribution in [0.2, 0.25) is 0 Å². The van der Waals surface area contributed by atoms with Crippen LogP contribution in [0.1, 0.15) is 0 Å². The van der Waals surface area contributed by atoms with Crippen LogP contribution in [0.15, 0.2) is 74.8 Å². The van der Waals surface area contributed by atoms with E-state index in [9.17, 15) is 0 Å². The summed E-state index contributed by atoms with van der Waals surface area (Å²) in [4.78, 5) is 6.52. The van der Waals surface area contributed by atoms with E-state index in [0.717, 1.165) is 32.3 Å². The molecule has 0 amide bonds. The Balaban J connectivity index is 1.38. The van der Waals surface area contributed by atoms with Gasteiger partial charge in [0.15, 0.2) is 11.3 Å². The molecule has 0 atom stereocenters. The van der Waals surface area contributed by atoms with E-state index in [0.29, 0.717) is 21.6 Å².